The molecule has 3 rings (SSSR count). The van der Waals surface area contributed by atoms with Gasteiger partial charge in [0.05, 0.1) is 12.7 Å². The monoisotopic (exact) mass is 388 g/mol. The van der Waals surface area contributed by atoms with Crippen LogP contribution in [-0.2, 0) is 23.4 Å². The third-order valence-electron chi connectivity index (χ3n) is 6.27. The summed E-state index contributed by atoms with van der Waals surface area (Å²) in [6.07, 6.45) is -0.633. The summed E-state index contributed by atoms with van der Waals surface area (Å²) in [5.74, 6) is -1.47. The molecule has 0 unspecified atom stereocenters. The normalized spacial score (nSPS) is 41.8. The van der Waals surface area contributed by atoms with Crippen LogP contribution < -0.4 is 0 Å². The number of hydrogen-bond acceptors (Lipinski definition) is 6. The molecule has 0 aromatic rings. The second-order valence-electron chi connectivity index (χ2n) is 10.4. The van der Waals surface area contributed by atoms with Gasteiger partial charge in [-0.2, -0.15) is 0 Å². The highest BCUT2D eigenvalue weighted by atomic mass is 28.4. The lowest BCUT2D eigenvalue weighted by Gasteiger charge is -2.48. The minimum atomic E-state index is -2.10. The molecule has 5 atom stereocenters. The van der Waals surface area contributed by atoms with Gasteiger partial charge in [-0.25, -0.2) is 0 Å². The Morgan fingerprint density at radius 3 is 2.19 bits per heavy atom. The minimum absolute atomic E-state index is 0.0474. The Morgan fingerprint density at radius 1 is 1.04 bits per heavy atom. The van der Waals surface area contributed by atoms with Gasteiger partial charge in [-0.15, -0.1) is 0 Å². The highest BCUT2D eigenvalue weighted by Gasteiger charge is 2.67. The minimum Gasteiger partial charge on any atom is -0.408 e. The van der Waals surface area contributed by atoms with Crippen LogP contribution in [0.4, 0.5) is 0 Å². The second kappa shape index (κ2) is 5.99. The van der Waals surface area contributed by atoms with E-state index in [-0.39, 0.29) is 30.0 Å². The summed E-state index contributed by atoms with van der Waals surface area (Å²) < 4.78 is 31.7. The molecule has 1 saturated carbocycles. The summed E-state index contributed by atoms with van der Waals surface area (Å²) in [7, 11) is -2.10. The Bertz CT molecular complexity index is 555. The first-order valence-corrected chi connectivity index (χ1v) is 12.5. The van der Waals surface area contributed by atoms with Gasteiger partial charge in [-0.1, -0.05) is 20.8 Å². The van der Waals surface area contributed by atoms with E-state index in [0.29, 0.717) is 6.42 Å². The molecule has 152 valence electrons. The zero-order chi connectivity index (χ0) is 19.8. The predicted octanol–water partition coefficient (Wildman–Crippen LogP) is 3.18. The van der Waals surface area contributed by atoms with Gasteiger partial charge in [-0.05, 0) is 45.8 Å². The Balaban J connectivity index is 1.99. The van der Waals surface area contributed by atoms with Crippen LogP contribution in [0.15, 0.2) is 0 Å². The lowest BCUT2D eigenvalue weighted by molar-refractivity contribution is -0.184. The van der Waals surface area contributed by atoms with Crippen molar-refractivity contribution in [2.24, 2.45) is 0 Å². The smallest absolute Gasteiger partial charge is 0.192 e. The van der Waals surface area contributed by atoms with Gasteiger partial charge < -0.3 is 28.5 Å². The molecule has 6 nitrogen and oxygen atoms in total. The third kappa shape index (κ3) is 3.40. The molecule has 3 fully saturated rings. The van der Waals surface area contributed by atoms with Crippen LogP contribution in [0.1, 0.15) is 54.9 Å². The van der Waals surface area contributed by atoms with Crippen molar-refractivity contribution in [3.05, 3.63) is 0 Å². The molecule has 3 aliphatic rings. The van der Waals surface area contributed by atoms with Gasteiger partial charge in [0.25, 0.3) is 0 Å². The number of hydrogen-bond donors (Lipinski definition) is 1. The number of aliphatic hydroxyl groups is 1. The van der Waals surface area contributed by atoms with Gasteiger partial charge in [0.1, 0.15) is 23.9 Å². The van der Waals surface area contributed by atoms with Gasteiger partial charge in [0.15, 0.2) is 19.9 Å². The van der Waals surface area contributed by atoms with Gasteiger partial charge >= 0.3 is 0 Å². The van der Waals surface area contributed by atoms with E-state index in [1.165, 1.54) is 0 Å². The van der Waals surface area contributed by atoms with E-state index in [1.807, 2.05) is 27.7 Å². The fraction of sp³-hybridized carbons (Fsp3) is 1.00. The van der Waals surface area contributed by atoms with Crippen molar-refractivity contribution in [2.75, 3.05) is 6.61 Å². The van der Waals surface area contributed by atoms with Gasteiger partial charge in [0, 0.05) is 6.42 Å². The second-order valence-corrected chi connectivity index (χ2v) is 15.2. The topological polar surface area (TPSA) is 66.4 Å². The largest absolute Gasteiger partial charge is 0.408 e. The van der Waals surface area contributed by atoms with E-state index < -0.39 is 31.6 Å². The zero-order valence-corrected chi connectivity index (χ0v) is 18.7. The predicted molar refractivity (Wildman–Crippen MR) is 100 cm³/mol. The van der Waals surface area contributed by atoms with Crippen molar-refractivity contribution in [1.82, 2.24) is 0 Å². The van der Waals surface area contributed by atoms with Gasteiger partial charge in [-0.3, -0.25) is 0 Å². The fourth-order valence-electron chi connectivity index (χ4n) is 4.15. The lowest BCUT2D eigenvalue weighted by Crippen LogP contribution is -2.65. The first-order valence-electron chi connectivity index (χ1n) is 9.64. The number of fused-ring (bicyclic) bond motifs is 2. The average molecular weight is 389 g/mol. The third-order valence-corrected chi connectivity index (χ3v) is 10.7. The standard InChI is InChI=1S/C19H36O6Si/c1-16(2,3)26(8,9)24-14-13-12(21-17(4,5)22-13)10-19(11-20)15(14)23-18(6,7)25-19/h12-15,20H,10-11H2,1-9H3/t12-,13-,14-,15+,19+/m1/s1. The summed E-state index contributed by atoms with van der Waals surface area (Å²) in [4.78, 5) is 0. The van der Waals surface area contributed by atoms with Crippen molar-refractivity contribution in [2.45, 2.75) is 115 Å². The quantitative estimate of drug-likeness (QED) is 0.749. The first kappa shape index (κ1) is 20.7. The van der Waals surface area contributed by atoms with E-state index >= 15 is 0 Å². The summed E-state index contributed by atoms with van der Waals surface area (Å²) in [5.41, 5.74) is -0.832. The van der Waals surface area contributed by atoms with Crippen molar-refractivity contribution in [3.8, 4) is 0 Å². The Hall–Kier alpha value is -0.0231. The van der Waals surface area contributed by atoms with Crippen molar-refractivity contribution in [1.29, 1.82) is 0 Å². The molecule has 1 N–H and O–H groups in total. The molecule has 0 spiro atoms. The molecule has 0 aromatic heterocycles. The Morgan fingerprint density at radius 2 is 1.65 bits per heavy atom. The Labute approximate surface area is 158 Å². The molecule has 7 heteroatoms. The number of ether oxygens (including phenoxy) is 4. The highest BCUT2D eigenvalue weighted by molar-refractivity contribution is 6.74. The maximum Gasteiger partial charge on any atom is 0.192 e. The molecule has 0 amide bonds. The molecule has 2 heterocycles. The van der Waals surface area contributed by atoms with Crippen LogP contribution in [-0.4, -0.2) is 61.6 Å². The number of rotatable bonds is 3. The SMILES string of the molecule is CC1(C)O[C@H]2[C@@H](O[Si](C)(C)C(C)(C)C)[C@@H]3OC(C)(C)O[C@]3(CO)C[C@H]2O1. The maximum atomic E-state index is 10.3. The summed E-state index contributed by atoms with van der Waals surface area (Å²) in [5, 5.41) is 10.3. The lowest BCUT2D eigenvalue weighted by atomic mass is 9.78. The summed E-state index contributed by atoms with van der Waals surface area (Å²) in [6.45, 7) is 18.6. The van der Waals surface area contributed by atoms with E-state index in [4.69, 9.17) is 23.4 Å². The first-order chi connectivity index (χ1) is 11.6. The van der Waals surface area contributed by atoms with Crippen LogP contribution >= 0.6 is 0 Å². The molecule has 0 aromatic carbocycles. The van der Waals surface area contributed by atoms with Crippen LogP contribution in [0.25, 0.3) is 0 Å². The fourth-order valence-corrected chi connectivity index (χ4v) is 5.45. The highest BCUT2D eigenvalue weighted by Crippen LogP contribution is 2.52. The van der Waals surface area contributed by atoms with Crippen molar-refractivity contribution in [3.63, 3.8) is 0 Å². The van der Waals surface area contributed by atoms with E-state index in [9.17, 15) is 5.11 Å². The van der Waals surface area contributed by atoms with Crippen molar-refractivity contribution < 1.29 is 28.5 Å². The summed E-state index contributed by atoms with van der Waals surface area (Å²) >= 11 is 0. The van der Waals surface area contributed by atoms with Crippen molar-refractivity contribution >= 4 is 8.32 Å². The zero-order valence-electron chi connectivity index (χ0n) is 17.7. The maximum absolute atomic E-state index is 10.3. The van der Waals surface area contributed by atoms with E-state index in [2.05, 4.69) is 33.9 Å². The van der Waals surface area contributed by atoms with E-state index in [0.717, 1.165) is 0 Å². The molecular weight excluding hydrogens is 352 g/mol. The van der Waals surface area contributed by atoms with Crippen LogP contribution in [0.3, 0.4) is 0 Å². The molecule has 0 bridgehead atoms. The molecule has 0 radical (unpaired) electrons. The van der Waals surface area contributed by atoms with Crippen LogP contribution in [0.5, 0.6) is 0 Å². The molecule has 2 saturated heterocycles. The average Bonchev–Trinajstić information content (AvgIpc) is 2.88. The molecular formula is C19H36O6Si. The van der Waals surface area contributed by atoms with Crippen LogP contribution in [0.2, 0.25) is 18.1 Å². The summed E-state index contributed by atoms with van der Waals surface area (Å²) in [6, 6.07) is 0. The Kier molecular flexibility index (Phi) is 4.77. The van der Waals surface area contributed by atoms with E-state index in [1.54, 1.807) is 0 Å². The molecule has 2 aliphatic heterocycles. The van der Waals surface area contributed by atoms with Gasteiger partial charge in [0.2, 0.25) is 0 Å². The van der Waals surface area contributed by atoms with Crippen LogP contribution in [0, 0.1) is 0 Å². The molecule has 1 aliphatic carbocycles. The molecule has 26 heavy (non-hydrogen) atoms. The number of aliphatic hydroxyl groups excluding tert-OH is 1.